The number of primary amides is 1. The number of nitrogens with two attached hydrogens (primary N) is 1. The standard InChI is InChI=1S/C13H17N3O3/c14-12(17)10-3-1-9(2-4-10)8-16-6-5-15-7-11(16)13(18)19/h1-4,11,15H,5-8H2,(H2,14,17)(H,18,19). The quantitative estimate of drug-likeness (QED) is 0.689. The molecule has 4 N–H and O–H groups in total. The largest absolute Gasteiger partial charge is 0.480 e. The van der Waals surface area contributed by atoms with Crippen LogP contribution in [0.1, 0.15) is 15.9 Å². The van der Waals surface area contributed by atoms with Gasteiger partial charge in [-0.1, -0.05) is 12.1 Å². The first-order valence-electron chi connectivity index (χ1n) is 6.14. The number of benzene rings is 1. The Kier molecular flexibility index (Phi) is 4.13. The van der Waals surface area contributed by atoms with Crippen LogP contribution in [0.15, 0.2) is 24.3 Å². The van der Waals surface area contributed by atoms with Gasteiger partial charge in [0, 0.05) is 31.7 Å². The Morgan fingerprint density at radius 3 is 2.63 bits per heavy atom. The number of carboxylic acid groups (broad SMARTS) is 1. The summed E-state index contributed by atoms with van der Waals surface area (Å²) < 4.78 is 0. The SMILES string of the molecule is NC(=O)c1ccc(CN2CCNCC2C(=O)O)cc1. The molecule has 1 unspecified atom stereocenters. The maximum Gasteiger partial charge on any atom is 0.322 e. The minimum atomic E-state index is -0.819. The molecule has 1 aliphatic heterocycles. The van der Waals surface area contributed by atoms with Crippen molar-refractivity contribution in [2.75, 3.05) is 19.6 Å². The number of rotatable bonds is 4. The second-order valence-electron chi connectivity index (χ2n) is 4.59. The molecular weight excluding hydrogens is 246 g/mol. The molecule has 0 bridgehead atoms. The van der Waals surface area contributed by atoms with E-state index < -0.39 is 17.9 Å². The fourth-order valence-electron chi connectivity index (χ4n) is 2.19. The van der Waals surface area contributed by atoms with Crippen LogP contribution in [-0.2, 0) is 11.3 Å². The zero-order valence-corrected chi connectivity index (χ0v) is 10.5. The van der Waals surface area contributed by atoms with Gasteiger partial charge in [-0.2, -0.15) is 0 Å². The molecule has 0 radical (unpaired) electrons. The van der Waals surface area contributed by atoms with Gasteiger partial charge in [-0.25, -0.2) is 0 Å². The molecule has 1 fully saturated rings. The van der Waals surface area contributed by atoms with Crippen molar-refractivity contribution in [1.82, 2.24) is 10.2 Å². The molecule has 1 aliphatic rings. The Morgan fingerprint density at radius 2 is 2.05 bits per heavy atom. The predicted octanol–water partition coefficient (Wildman–Crippen LogP) is -0.356. The van der Waals surface area contributed by atoms with Gasteiger partial charge in [0.25, 0.3) is 0 Å². The molecule has 1 saturated heterocycles. The third-order valence-electron chi connectivity index (χ3n) is 3.26. The monoisotopic (exact) mass is 263 g/mol. The van der Waals surface area contributed by atoms with Gasteiger partial charge in [-0.05, 0) is 17.7 Å². The molecule has 0 aromatic heterocycles. The molecule has 19 heavy (non-hydrogen) atoms. The molecule has 1 atom stereocenters. The summed E-state index contributed by atoms with van der Waals surface area (Å²) in [6.45, 7) is 2.48. The lowest BCUT2D eigenvalue weighted by Crippen LogP contribution is -2.54. The Balaban J connectivity index is 2.06. The van der Waals surface area contributed by atoms with Crippen LogP contribution in [0.5, 0.6) is 0 Å². The number of carbonyl (C=O) groups excluding carboxylic acids is 1. The van der Waals surface area contributed by atoms with Crippen LogP contribution in [0.2, 0.25) is 0 Å². The van der Waals surface area contributed by atoms with E-state index in [0.29, 0.717) is 25.2 Å². The predicted molar refractivity (Wildman–Crippen MR) is 69.7 cm³/mol. The number of carbonyl (C=O) groups is 2. The van der Waals surface area contributed by atoms with E-state index in [2.05, 4.69) is 5.32 Å². The minimum Gasteiger partial charge on any atom is -0.480 e. The lowest BCUT2D eigenvalue weighted by atomic mass is 10.1. The highest BCUT2D eigenvalue weighted by Gasteiger charge is 2.27. The normalized spacial score (nSPS) is 20.1. The molecule has 102 valence electrons. The van der Waals surface area contributed by atoms with Crippen LogP contribution in [0.3, 0.4) is 0 Å². The molecule has 6 heteroatoms. The number of aliphatic carboxylic acids is 1. The third-order valence-corrected chi connectivity index (χ3v) is 3.26. The van der Waals surface area contributed by atoms with E-state index >= 15 is 0 Å². The fourth-order valence-corrected chi connectivity index (χ4v) is 2.19. The van der Waals surface area contributed by atoms with Crippen molar-refractivity contribution in [3.05, 3.63) is 35.4 Å². The maximum atomic E-state index is 11.2. The number of carboxylic acids is 1. The molecule has 6 nitrogen and oxygen atoms in total. The highest BCUT2D eigenvalue weighted by Crippen LogP contribution is 2.11. The highest BCUT2D eigenvalue weighted by molar-refractivity contribution is 5.92. The summed E-state index contributed by atoms with van der Waals surface area (Å²) in [6, 6.07) is 6.43. The van der Waals surface area contributed by atoms with Crippen molar-refractivity contribution in [2.45, 2.75) is 12.6 Å². The Bertz CT molecular complexity index is 473. The second-order valence-corrected chi connectivity index (χ2v) is 4.59. The van der Waals surface area contributed by atoms with Crippen LogP contribution in [0.4, 0.5) is 0 Å². The maximum absolute atomic E-state index is 11.2. The van der Waals surface area contributed by atoms with Crippen molar-refractivity contribution in [2.24, 2.45) is 5.73 Å². The molecule has 0 spiro atoms. The highest BCUT2D eigenvalue weighted by atomic mass is 16.4. The number of amides is 1. The van der Waals surface area contributed by atoms with E-state index in [-0.39, 0.29) is 0 Å². The second kappa shape index (κ2) is 5.81. The fraction of sp³-hybridized carbons (Fsp3) is 0.385. The average Bonchev–Trinajstić information content (AvgIpc) is 2.39. The average molecular weight is 263 g/mol. The number of hydrogen-bond donors (Lipinski definition) is 3. The first-order valence-corrected chi connectivity index (χ1v) is 6.14. The number of hydrogen-bond acceptors (Lipinski definition) is 4. The van der Waals surface area contributed by atoms with Gasteiger partial charge < -0.3 is 16.2 Å². The van der Waals surface area contributed by atoms with Gasteiger partial charge >= 0.3 is 5.97 Å². The first kappa shape index (κ1) is 13.5. The Morgan fingerprint density at radius 1 is 1.37 bits per heavy atom. The van der Waals surface area contributed by atoms with E-state index in [1.54, 1.807) is 24.3 Å². The zero-order chi connectivity index (χ0) is 13.8. The molecule has 0 aliphatic carbocycles. The summed E-state index contributed by atoms with van der Waals surface area (Å²) >= 11 is 0. The van der Waals surface area contributed by atoms with Crippen molar-refractivity contribution < 1.29 is 14.7 Å². The minimum absolute atomic E-state index is 0.453. The summed E-state index contributed by atoms with van der Waals surface area (Å²) in [7, 11) is 0. The summed E-state index contributed by atoms with van der Waals surface area (Å²) in [5, 5.41) is 12.2. The van der Waals surface area contributed by atoms with E-state index in [0.717, 1.165) is 12.1 Å². The van der Waals surface area contributed by atoms with Crippen LogP contribution >= 0.6 is 0 Å². The van der Waals surface area contributed by atoms with Crippen molar-refractivity contribution in [3.8, 4) is 0 Å². The molecule has 2 rings (SSSR count). The van der Waals surface area contributed by atoms with Crippen LogP contribution in [0, 0.1) is 0 Å². The third kappa shape index (κ3) is 3.30. The molecule has 1 aromatic rings. The van der Waals surface area contributed by atoms with Crippen LogP contribution in [-0.4, -0.2) is 47.6 Å². The number of nitrogens with zero attached hydrogens (tertiary/aromatic N) is 1. The molecule has 1 amide bonds. The summed E-state index contributed by atoms with van der Waals surface area (Å²) in [5.41, 5.74) is 6.60. The number of nitrogens with one attached hydrogen (secondary N) is 1. The molecular formula is C13H17N3O3. The molecule has 0 saturated carbocycles. The Hall–Kier alpha value is -1.92. The van der Waals surface area contributed by atoms with E-state index in [9.17, 15) is 9.59 Å². The lowest BCUT2D eigenvalue weighted by molar-refractivity contribution is -0.144. The zero-order valence-electron chi connectivity index (χ0n) is 10.5. The molecule has 1 aromatic carbocycles. The van der Waals surface area contributed by atoms with Gasteiger partial charge in [0.05, 0.1) is 0 Å². The van der Waals surface area contributed by atoms with E-state index in [1.807, 2.05) is 4.90 Å². The van der Waals surface area contributed by atoms with Crippen molar-refractivity contribution in [3.63, 3.8) is 0 Å². The first-order chi connectivity index (χ1) is 9.08. The van der Waals surface area contributed by atoms with Crippen molar-refractivity contribution >= 4 is 11.9 Å². The van der Waals surface area contributed by atoms with Gasteiger partial charge in [-0.15, -0.1) is 0 Å². The van der Waals surface area contributed by atoms with Gasteiger partial charge in [0.1, 0.15) is 6.04 Å². The Labute approximate surface area is 111 Å². The van der Waals surface area contributed by atoms with Gasteiger partial charge in [-0.3, -0.25) is 14.5 Å². The smallest absolute Gasteiger partial charge is 0.322 e. The van der Waals surface area contributed by atoms with Crippen molar-refractivity contribution in [1.29, 1.82) is 0 Å². The summed E-state index contributed by atoms with van der Waals surface area (Å²) in [5.74, 6) is -1.28. The van der Waals surface area contributed by atoms with Gasteiger partial charge in [0.2, 0.25) is 5.91 Å². The van der Waals surface area contributed by atoms with E-state index in [4.69, 9.17) is 10.8 Å². The lowest BCUT2D eigenvalue weighted by Gasteiger charge is -2.33. The van der Waals surface area contributed by atoms with Gasteiger partial charge in [0.15, 0.2) is 0 Å². The molecule has 1 heterocycles. The van der Waals surface area contributed by atoms with Crippen LogP contribution < -0.4 is 11.1 Å². The summed E-state index contributed by atoms with van der Waals surface area (Å²) in [4.78, 5) is 24.0. The summed E-state index contributed by atoms with van der Waals surface area (Å²) in [6.07, 6.45) is 0. The van der Waals surface area contributed by atoms with E-state index in [1.165, 1.54) is 0 Å². The van der Waals surface area contributed by atoms with Crippen LogP contribution in [0.25, 0.3) is 0 Å². The topological polar surface area (TPSA) is 95.7 Å². The number of piperazine rings is 1.